The van der Waals surface area contributed by atoms with E-state index < -0.39 is 0 Å². The lowest BCUT2D eigenvalue weighted by Crippen LogP contribution is -2.11. The second kappa shape index (κ2) is 4.15. The smallest absolute Gasteiger partial charge is 0.117 e. The lowest BCUT2D eigenvalue weighted by atomic mass is 10.4. The van der Waals surface area contributed by atoms with E-state index in [0.29, 0.717) is 0 Å². The Bertz CT molecular complexity index is 376. The second-order valence-corrected chi connectivity index (χ2v) is 3.20. The van der Waals surface area contributed by atoms with Gasteiger partial charge in [-0.05, 0) is 31.2 Å². The van der Waals surface area contributed by atoms with Gasteiger partial charge in [-0.1, -0.05) is 0 Å². The molecule has 0 fully saturated rings. The SMILES string of the molecule is Cc1ccc(CNCc2ccco2)o1. The molecule has 3 heteroatoms. The molecule has 0 saturated carbocycles. The number of aryl methyl sites for hydroxylation is 1. The third-order valence-electron chi connectivity index (χ3n) is 1.97. The van der Waals surface area contributed by atoms with Crippen molar-refractivity contribution < 1.29 is 8.83 Å². The van der Waals surface area contributed by atoms with E-state index in [4.69, 9.17) is 8.83 Å². The van der Waals surface area contributed by atoms with Gasteiger partial charge in [-0.2, -0.15) is 0 Å². The van der Waals surface area contributed by atoms with Crippen LogP contribution in [0.2, 0.25) is 0 Å². The van der Waals surface area contributed by atoms with Gasteiger partial charge in [0.2, 0.25) is 0 Å². The van der Waals surface area contributed by atoms with Gasteiger partial charge in [0.25, 0.3) is 0 Å². The maximum absolute atomic E-state index is 5.41. The summed E-state index contributed by atoms with van der Waals surface area (Å²) >= 11 is 0. The number of nitrogens with one attached hydrogen (secondary N) is 1. The fourth-order valence-electron chi connectivity index (χ4n) is 1.30. The Kier molecular flexibility index (Phi) is 2.70. The molecular formula is C11H13NO2. The fraction of sp³-hybridized carbons (Fsp3) is 0.273. The van der Waals surface area contributed by atoms with Crippen LogP contribution in [0.15, 0.2) is 39.4 Å². The molecule has 2 aromatic rings. The Hall–Kier alpha value is -1.48. The zero-order valence-corrected chi connectivity index (χ0v) is 8.12. The largest absolute Gasteiger partial charge is 0.468 e. The highest BCUT2D eigenvalue weighted by molar-refractivity contribution is 5.05. The molecule has 0 aliphatic carbocycles. The molecule has 2 heterocycles. The first-order chi connectivity index (χ1) is 6.84. The first-order valence-electron chi connectivity index (χ1n) is 4.63. The highest BCUT2D eigenvalue weighted by Gasteiger charge is 1.98. The van der Waals surface area contributed by atoms with Gasteiger partial charge in [0, 0.05) is 0 Å². The maximum atomic E-state index is 5.41. The summed E-state index contributed by atoms with van der Waals surface area (Å²) in [5, 5.41) is 3.23. The van der Waals surface area contributed by atoms with Gasteiger partial charge in [-0.15, -0.1) is 0 Å². The normalized spacial score (nSPS) is 10.6. The molecule has 14 heavy (non-hydrogen) atoms. The van der Waals surface area contributed by atoms with Crippen molar-refractivity contribution in [3.8, 4) is 0 Å². The van der Waals surface area contributed by atoms with Crippen LogP contribution in [0, 0.1) is 6.92 Å². The van der Waals surface area contributed by atoms with Gasteiger partial charge in [0.1, 0.15) is 17.3 Å². The number of furan rings is 2. The predicted molar refractivity (Wildman–Crippen MR) is 52.7 cm³/mol. The van der Waals surface area contributed by atoms with Gasteiger partial charge in [0.05, 0.1) is 19.4 Å². The quantitative estimate of drug-likeness (QED) is 0.806. The van der Waals surface area contributed by atoms with Crippen LogP contribution in [0.5, 0.6) is 0 Å². The monoisotopic (exact) mass is 191 g/mol. The van der Waals surface area contributed by atoms with Crippen LogP contribution in [0.1, 0.15) is 17.3 Å². The highest BCUT2D eigenvalue weighted by atomic mass is 16.3. The molecule has 2 aromatic heterocycles. The van der Waals surface area contributed by atoms with Crippen LogP contribution in [-0.4, -0.2) is 0 Å². The van der Waals surface area contributed by atoms with Crippen molar-refractivity contribution in [3.05, 3.63) is 47.8 Å². The van der Waals surface area contributed by atoms with Crippen molar-refractivity contribution in [2.24, 2.45) is 0 Å². The van der Waals surface area contributed by atoms with E-state index in [1.54, 1.807) is 6.26 Å². The van der Waals surface area contributed by atoms with E-state index >= 15 is 0 Å². The molecule has 0 saturated heterocycles. The van der Waals surface area contributed by atoms with Crippen LogP contribution < -0.4 is 5.32 Å². The summed E-state index contributed by atoms with van der Waals surface area (Å²) in [6.45, 7) is 3.40. The van der Waals surface area contributed by atoms with E-state index in [2.05, 4.69) is 5.32 Å². The van der Waals surface area contributed by atoms with Crippen LogP contribution in [-0.2, 0) is 13.1 Å². The molecule has 1 N–H and O–H groups in total. The third kappa shape index (κ3) is 2.26. The molecule has 0 bridgehead atoms. The summed E-state index contributed by atoms with van der Waals surface area (Å²) < 4.78 is 10.6. The molecule has 0 spiro atoms. The van der Waals surface area contributed by atoms with Crippen LogP contribution in [0.4, 0.5) is 0 Å². The Morgan fingerprint density at radius 1 is 1.14 bits per heavy atom. The average molecular weight is 191 g/mol. The number of hydrogen-bond acceptors (Lipinski definition) is 3. The molecule has 2 rings (SSSR count). The molecule has 0 amide bonds. The van der Waals surface area contributed by atoms with Crippen LogP contribution >= 0.6 is 0 Å². The average Bonchev–Trinajstić information content (AvgIpc) is 2.77. The molecule has 0 unspecified atom stereocenters. The zero-order chi connectivity index (χ0) is 9.80. The molecule has 0 atom stereocenters. The zero-order valence-electron chi connectivity index (χ0n) is 8.12. The van der Waals surface area contributed by atoms with Crippen LogP contribution in [0.25, 0.3) is 0 Å². The Labute approximate surface area is 82.7 Å². The highest BCUT2D eigenvalue weighted by Crippen LogP contribution is 2.06. The summed E-state index contributed by atoms with van der Waals surface area (Å²) in [5.41, 5.74) is 0. The molecule has 0 aromatic carbocycles. The summed E-state index contributed by atoms with van der Waals surface area (Å²) in [6, 6.07) is 7.77. The second-order valence-electron chi connectivity index (χ2n) is 3.20. The van der Waals surface area contributed by atoms with E-state index in [1.165, 1.54) is 0 Å². The Morgan fingerprint density at radius 2 is 2.00 bits per heavy atom. The third-order valence-corrected chi connectivity index (χ3v) is 1.97. The molecule has 0 radical (unpaired) electrons. The Morgan fingerprint density at radius 3 is 2.64 bits per heavy atom. The molecule has 0 aliphatic rings. The minimum atomic E-state index is 0.729. The van der Waals surface area contributed by atoms with E-state index in [-0.39, 0.29) is 0 Å². The van der Waals surface area contributed by atoms with Crippen molar-refractivity contribution in [2.45, 2.75) is 20.0 Å². The van der Waals surface area contributed by atoms with Crippen molar-refractivity contribution in [1.82, 2.24) is 5.32 Å². The Balaban J connectivity index is 1.78. The van der Waals surface area contributed by atoms with Gasteiger partial charge < -0.3 is 14.2 Å². The van der Waals surface area contributed by atoms with E-state index in [9.17, 15) is 0 Å². The lowest BCUT2D eigenvalue weighted by molar-refractivity contribution is 0.440. The number of hydrogen-bond donors (Lipinski definition) is 1. The standard InChI is InChI=1S/C11H13NO2/c1-9-4-5-11(14-9)8-12-7-10-3-2-6-13-10/h2-6,12H,7-8H2,1H3. The van der Waals surface area contributed by atoms with Crippen molar-refractivity contribution in [3.63, 3.8) is 0 Å². The minimum absolute atomic E-state index is 0.729. The fourth-order valence-corrected chi connectivity index (χ4v) is 1.30. The maximum Gasteiger partial charge on any atom is 0.117 e. The van der Waals surface area contributed by atoms with Gasteiger partial charge >= 0.3 is 0 Å². The van der Waals surface area contributed by atoms with E-state index in [0.717, 1.165) is 30.4 Å². The van der Waals surface area contributed by atoms with Gasteiger partial charge in [-0.25, -0.2) is 0 Å². The van der Waals surface area contributed by atoms with Crippen molar-refractivity contribution >= 4 is 0 Å². The van der Waals surface area contributed by atoms with Gasteiger partial charge in [-0.3, -0.25) is 0 Å². The molecular weight excluding hydrogens is 178 g/mol. The molecule has 74 valence electrons. The molecule has 0 aliphatic heterocycles. The first-order valence-corrected chi connectivity index (χ1v) is 4.63. The summed E-state index contributed by atoms with van der Waals surface area (Å²) in [7, 11) is 0. The summed E-state index contributed by atoms with van der Waals surface area (Å²) in [5.74, 6) is 2.84. The van der Waals surface area contributed by atoms with Gasteiger partial charge in [0.15, 0.2) is 0 Å². The molecule has 3 nitrogen and oxygen atoms in total. The van der Waals surface area contributed by atoms with Crippen molar-refractivity contribution in [2.75, 3.05) is 0 Å². The minimum Gasteiger partial charge on any atom is -0.468 e. The summed E-state index contributed by atoms with van der Waals surface area (Å²) in [4.78, 5) is 0. The van der Waals surface area contributed by atoms with Crippen molar-refractivity contribution in [1.29, 1.82) is 0 Å². The summed E-state index contributed by atoms with van der Waals surface area (Å²) in [6.07, 6.45) is 1.67. The predicted octanol–water partition coefficient (Wildman–Crippen LogP) is 2.47. The topological polar surface area (TPSA) is 38.3 Å². The van der Waals surface area contributed by atoms with Crippen LogP contribution in [0.3, 0.4) is 0 Å². The number of rotatable bonds is 4. The van der Waals surface area contributed by atoms with E-state index in [1.807, 2.05) is 31.2 Å². The lowest BCUT2D eigenvalue weighted by Gasteiger charge is -1.98. The first kappa shape index (κ1) is 9.09.